The van der Waals surface area contributed by atoms with E-state index in [9.17, 15) is 19.5 Å². The molecule has 8 heteroatoms. The van der Waals surface area contributed by atoms with Gasteiger partial charge in [0.15, 0.2) is 0 Å². The first-order valence-corrected chi connectivity index (χ1v) is 10.5. The normalized spacial score (nSPS) is 31.7. The third-order valence-electron chi connectivity index (χ3n) is 6.68. The van der Waals surface area contributed by atoms with Crippen LogP contribution in [-0.2, 0) is 23.9 Å². The van der Waals surface area contributed by atoms with Crippen molar-refractivity contribution in [1.82, 2.24) is 4.90 Å². The van der Waals surface area contributed by atoms with Crippen molar-refractivity contribution in [2.45, 2.75) is 51.4 Å². The van der Waals surface area contributed by atoms with Gasteiger partial charge in [0, 0.05) is 12.2 Å². The molecule has 2 N–H and O–H groups in total. The molecule has 0 radical (unpaired) electrons. The molecule has 162 valence electrons. The highest BCUT2D eigenvalue weighted by molar-refractivity contribution is 6.03. The van der Waals surface area contributed by atoms with Crippen molar-refractivity contribution in [2.24, 2.45) is 11.8 Å². The number of rotatable bonds is 6. The van der Waals surface area contributed by atoms with Gasteiger partial charge in [-0.25, -0.2) is 0 Å². The van der Waals surface area contributed by atoms with Crippen LogP contribution in [0.3, 0.4) is 0 Å². The summed E-state index contributed by atoms with van der Waals surface area (Å²) in [5.41, 5.74) is 1.45. The Bertz CT molecular complexity index is 866. The highest BCUT2D eigenvalue weighted by Crippen LogP contribution is 2.58. The molecule has 5 atom stereocenters. The number of benzene rings is 1. The van der Waals surface area contributed by atoms with Gasteiger partial charge in [0.2, 0.25) is 11.8 Å². The van der Waals surface area contributed by atoms with Crippen LogP contribution in [0.15, 0.2) is 18.2 Å². The molecule has 0 unspecified atom stereocenters. The second-order valence-corrected chi connectivity index (χ2v) is 8.32. The van der Waals surface area contributed by atoms with E-state index in [2.05, 4.69) is 5.32 Å². The molecule has 3 heterocycles. The average molecular weight is 416 g/mol. The van der Waals surface area contributed by atoms with Gasteiger partial charge in [-0.3, -0.25) is 14.4 Å². The number of aryl methyl sites for hydroxylation is 2. The number of para-hydroxylation sites is 1. The van der Waals surface area contributed by atoms with Crippen molar-refractivity contribution in [2.75, 3.05) is 25.1 Å². The Morgan fingerprint density at radius 2 is 2.03 bits per heavy atom. The molecule has 3 fully saturated rings. The van der Waals surface area contributed by atoms with Crippen molar-refractivity contribution < 1.29 is 29.0 Å². The number of carbonyl (C=O) groups excluding carboxylic acids is 3. The lowest BCUT2D eigenvalue weighted by Gasteiger charge is -2.33. The average Bonchev–Trinajstić information content (AvgIpc) is 3.33. The molecule has 4 rings (SSSR count). The van der Waals surface area contributed by atoms with E-state index >= 15 is 0 Å². The first kappa shape index (κ1) is 20.8. The Labute approximate surface area is 175 Å². The van der Waals surface area contributed by atoms with Gasteiger partial charge in [-0.05, 0) is 44.7 Å². The van der Waals surface area contributed by atoms with Crippen molar-refractivity contribution in [1.29, 1.82) is 0 Å². The third-order valence-corrected chi connectivity index (χ3v) is 6.68. The summed E-state index contributed by atoms with van der Waals surface area (Å²) >= 11 is 0. The molecule has 1 aromatic rings. The van der Waals surface area contributed by atoms with E-state index in [-0.39, 0.29) is 31.6 Å². The minimum Gasteiger partial charge on any atom is -0.466 e. The number of hydrogen-bond donors (Lipinski definition) is 2. The maximum atomic E-state index is 13.5. The number of aliphatic hydroxyl groups excluding tert-OH is 1. The van der Waals surface area contributed by atoms with E-state index in [1.54, 1.807) is 6.92 Å². The van der Waals surface area contributed by atoms with E-state index in [0.717, 1.165) is 11.1 Å². The van der Waals surface area contributed by atoms with Crippen LogP contribution in [0.1, 0.15) is 30.9 Å². The van der Waals surface area contributed by atoms with Gasteiger partial charge >= 0.3 is 5.97 Å². The van der Waals surface area contributed by atoms with Gasteiger partial charge in [0.05, 0.1) is 31.2 Å². The molecule has 2 bridgehead atoms. The van der Waals surface area contributed by atoms with E-state index < -0.39 is 35.6 Å². The largest absolute Gasteiger partial charge is 0.466 e. The second-order valence-electron chi connectivity index (χ2n) is 8.32. The third kappa shape index (κ3) is 2.93. The van der Waals surface area contributed by atoms with Crippen LogP contribution in [0.5, 0.6) is 0 Å². The van der Waals surface area contributed by atoms with Gasteiger partial charge < -0.3 is 24.8 Å². The quantitative estimate of drug-likeness (QED) is 0.675. The number of nitrogens with one attached hydrogen (secondary N) is 1. The predicted molar refractivity (Wildman–Crippen MR) is 108 cm³/mol. The van der Waals surface area contributed by atoms with Crippen LogP contribution in [0.25, 0.3) is 0 Å². The van der Waals surface area contributed by atoms with Crippen LogP contribution < -0.4 is 5.32 Å². The van der Waals surface area contributed by atoms with Crippen LogP contribution >= 0.6 is 0 Å². The highest BCUT2D eigenvalue weighted by atomic mass is 16.6. The summed E-state index contributed by atoms with van der Waals surface area (Å²) in [4.78, 5) is 40.8. The zero-order chi connectivity index (χ0) is 21.6. The number of anilines is 1. The van der Waals surface area contributed by atoms with E-state index in [4.69, 9.17) is 9.47 Å². The molecule has 3 aliphatic rings. The van der Waals surface area contributed by atoms with Gasteiger partial charge in [-0.15, -0.1) is 0 Å². The van der Waals surface area contributed by atoms with Crippen LogP contribution in [-0.4, -0.2) is 65.3 Å². The number of β-amino-alcohol motifs (C(OH)–C–C–N with tert-alkyl or cyclic N) is 1. The van der Waals surface area contributed by atoms with Crippen molar-refractivity contribution >= 4 is 23.5 Å². The van der Waals surface area contributed by atoms with Crippen molar-refractivity contribution in [3.8, 4) is 0 Å². The van der Waals surface area contributed by atoms with Crippen molar-refractivity contribution in [3.63, 3.8) is 0 Å². The summed E-state index contributed by atoms with van der Waals surface area (Å²) in [7, 11) is 0. The number of aliphatic hydroxyl groups is 1. The van der Waals surface area contributed by atoms with Gasteiger partial charge in [-0.1, -0.05) is 18.2 Å². The minimum absolute atomic E-state index is 0.00545. The lowest BCUT2D eigenvalue weighted by molar-refractivity contribution is -0.154. The Kier molecular flexibility index (Phi) is 5.32. The zero-order valence-electron chi connectivity index (χ0n) is 17.5. The topological polar surface area (TPSA) is 105 Å². The summed E-state index contributed by atoms with van der Waals surface area (Å²) in [6.45, 7) is 5.47. The van der Waals surface area contributed by atoms with Crippen LogP contribution in [0, 0.1) is 25.7 Å². The summed E-state index contributed by atoms with van der Waals surface area (Å²) < 4.78 is 11.4. The summed E-state index contributed by atoms with van der Waals surface area (Å²) in [5.74, 6) is -2.63. The van der Waals surface area contributed by atoms with Gasteiger partial charge in [-0.2, -0.15) is 0 Å². The first-order chi connectivity index (χ1) is 14.4. The molecule has 0 saturated carbocycles. The standard InChI is InChI=1S/C22H28N2O6/c1-4-29-21(28)15-14-8-9-22(30-14)16(15)20(27)24(10-11-25)18(22)19(26)23-17-12(2)6-5-7-13(17)3/h5-7,14-16,18,25H,4,8-11H2,1-3H3,(H,23,26)/t14-,15+,16+,18-,22+/m0/s1. The van der Waals surface area contributed by atoms with E-state index in [1.807, 2.05) is 32.0 Å². The smallest absolute Gasteiger partial charge is 0.312 e. The molecule has 0 aliphatic carbocycles. The fraction of sp³-hybridized carbons (Fsp3) is 0.591. The number of ether oxygens (including phenoxy) is 2. The fourth-order valence-electron chi connectivity index (χ4n) is 5.51. The summed E-state index contributed by atoms with van der Waals surface area (Å²) in [6.07, 6.45) is 0.675. The van der Waals surface area contributed by atoms with Gasteiger partial charge in [0.1, 0.15) is 11.6 Å². The molecular weight excluding hydrogens is 388 g/mol. The maximum Gasteiger partial charge on any atom is 0.312 e. The Morgan fingerprint density at radius 3 is 2.67 bits per heavy atom. The molecule has 2 amide bonds. The van der Waals surface area contributed by atoms with Crippen LogP contribution in [0.2, 0.25) is 0 Å². The minimum atomic E-state index is -1.07. The number of amides is 2. The molecule has 3 saturated heterocycles. The lowest BCUT2D eigenvalue weighted by Crippen LogP contribution is -2.53. The fourth-order valence-corrected chi connectivity index (χ4v) is 5.51. The molecule has 3 aliphatic heterocycles. The molecule has 1 spiro atoms. The van der Waals surface area contributed by atoms with Gasteiger partial charge in [0.25, 0.3) is 0 Å². The SMILES string of the molecule is CCOC(=O)[C@@H]1[C@@H]2CC[C@]3(O2)[C@H](C(=O)Nc2c(C)cccc2C)N(CCO)C(=O)[C@@H]13. The number of likely N-dealkylation sites (tertiary alicyclic amines) is 1. The number of esters is 1. The summed E-state index contributed by atoms with van der Waals surface area (Å²) in [6, 6.07) is 4.82. The molecule has 1 aromatic carbocycles. The molecule has 30 heavy (non-hydrogen) atoms. The van der Waals surface area contributed by atoms with Crippen LogP contribution in [0.4, 0.5) is 5.69 Å². The monoisotopic (exact) mass is 416 g/mol. The first-order valence-electron chi connectivity index (χ1n) is 10.5. The predicted octanol–water partition coefficient (Wildman–Crippen LogP) is 1.17. The number of fused-ring (bicyclic) bond motifs is 1. The molecule has 0 aromatic heterocycles. The number of nitrogens with zero attached hydrogens (tertiary/aromatic N) is 1. The second kappa shape index (κ2) is 7.67. The number of carbonyl (C=O) groups is 3. The molecular formula is C22H28N2O6. The Morgan fingerprint density at radius 1 is 1.33 bits per heavy atom. The highest BCUT2D eigenvalue weighted by Gasteiger charge is 2.74. The maximum absolute atomic E-state index is 13.5. The van der Waals surface area contributed by atoms with Crippen molar-refractivity contribution in [3.05, 3.63) is 29.3 Å². The Hall–Kier alpha value is -2.45. The van der Waals surface area contributed by atoms with E-state index in [1.165, 1.54) is 4.90 Å². The Balaban J connectivity index is 1.71. The van der Waals surface area contributed by atoms with E-state index in [0.29, 0.717) is 18.5 Å². The molecule has 8 nitrogen and oxygen atoms in total. The lowest BCUT2D eigenvalue weighted by atomic mass is 9.70. The number of hydrogen-bond acceptors (Lipinski definition) is 6. The summed E-state index contributed by atoms with van der Waals surface area (Å²) in [5, 5.41) is 12.5. The zero-order valence-corrected chi connectivity index (χ0v) is 17.5.